The Hall–Kier alpha value is -1.14. The zero-order chi connectivity index (χ0) is 13.8. The van der Waals surface area contributed by atoms with Gasteiger partial charge in [-0.1, -0.05) is 23.2 Å². The van der Waals surface area contributed by atoms with Crippen molar-refractivity contribution in [1.82, 2.24) is 14.8 Å². The molecule has 19 heavy (non-hydrogen) atoms. The number of nitrogens with zero attached hydrogens (tertiary/aromatic N) is 3. The van der Waals surface area contributed by atoms with E-state index in [1.165, 1.54) is 0 Å². The highest BCUT2D eigenvalue weighted by atomic mass is 35.5. The minimum absolute atomic E-state index is 0.200. The Morgan fingerprint density at radius 3 is 2.79 bits per heavy atom. The summed E-state index contributed by atoms with van der Waals surface area (Å²) < 4.78 is 6.81. The summed E-state index contributed by atoms with van der Waals surface area (Å²) in [6.07, 6.45) is 0. The third-order valence-corrected chi connectivity index (χ3v) is 3.22. The smallest absolute Gasteiger partial charge is 0.165 e. The van der Waals surface area contributed by atoms with Crippen LogP contribution in [0.2, 0.25) is 10.0 Å². The van der Waals surface area contributed by atoms with E-state index in [-0.39, 0.29) is 6.61 Å². The van der Waals surface area contributed by atoms with Crippen LogP contribution in [0.1, 0.15) is 5.82 Å². The predicted octanol–water partition coefficient (Wildman–Crippen LogP) is 2.39. The number of hydrogen-bond donors (Lipinski definition) is 1. The van der Waals surface area contributed by atoms with Crippen LogP contribution in [0.25, 0.3) is 11.4 Å². The van der Waals surface area contributed by atoms with Crippen LogP contribution in [-0.4, -0.2) is 33.6 Å². The molecule has 0 saturated carbocycles. The Labute approximate surface area is 120 Å². The average molecular weight is 302 g/mol. The van der Waals surface area contributed by atoms with Gasteiger partial charge in [0.2, 0.25) is 0 Å². The van der Waals surface area contributed by atoms with Crippen molar-refractivity contribution in [3.63, 3.8) is 0 Å². The largest absolute Gasteiger partial charge is 0.388 e. The number of benzene rings is 1. The van der Waals surface area contributed by atoms with Crippen LogP contribution >= 0.6 is 23.2 Å². The van der Waals surface area contributed by atoms with Crippen LogP contribution in [0.5, 0.6) is 0 Å². The molecule has 1 aromatic heterocycles. The van der Waals surface area contributed by atoms with Crippen LogP contribution in [0.15, 0.2) is 18.2 Å². The fourth-order valence-corrected chi connectivity index (χ4v) is 2.11. The maximum Gasteiger partial charge on any atom is 0.165 e. The lowest BCUT2D eigenvalue weighted by molar-refractivity contribution is 0.183. The first-order valence-electron chi connectivity index (χ1n) is 5.64. The maximum absolute atomic E-state index is 9.28. The molecule has 0 unspecified atom stereocenters. The van der Waals surface area contributed by atoms with Gasteiger partial charge in [-0.2, -0.15) is 0 Å². The first-order valence-corrected chi connectivity index (χ1v) is 6.40. The highest BCUT2D eigenvalue weighted by molar-refractivity contribution is 6.35. The number of hydrogen-bond acceptors (Lipinski definition) is 4. The fraction of sp³-hybridized carbons (Fsp3) is 0.333. The molecule has 1 aromatic carbocycles. The molecule has 0 aliphatic heterocycles. The number of rotatable bonds is 5. The van der Waals surface area contributed by atoms with E-state index in [0.29, 0.717) is 40.4 Å². The third-order valence-electron chi connectivity index (χ3n) is 2.66. The third kappa shape index (κ3) is 3.06. The van der Waals surface area contributed by atoms with Crippen LogP contribution in [-0.2, 0) is 17.9 Å². The lowest BCUT2D eigenvalue weighted by atomic mass is 10.2. The quantitative estimate of drug-likeness (QED) is 0.921. The monoisotopic (exact) mass is 301 g/mol. The average Bonchev–Trinajstić information content (AvgIpc) is 2.81. The van der Waals surface area contributed by atoms with E-state index in [4.69, 9.17) is 27.9 Å². The summed E-state index contributed by atoms with van der Waals surface area (Å²) in [5.41, 5.74) is 0.678. The molecule has 2 aromatic rings. The zero-order valence-corrected chi connectivity index (χ0v) is 11.8. The summed E-state index contributed by atoms with van der Waals surface area (Å²) >= 11 is 12.1. The van der Waals surface area contributed by atoms with Gasteiger partial charge >= 0.3 is 0 Å². The number of halogens is 2. The molecule has 0 aliphatic carbocycles. The van der Waals surface area contributed by atoms with Gasteiger partial charge in [-0.15, -0.1) is 10.2 Å². The molecule has 7 heteroatoms. The summed E-state index contributed by atoms with van der Waals surface area (Å²) in [6.45, 7) is 0.808. The Morgan fingerprint density at radius 1 is 1.32 bits per heavy atom. The van der Waals surface area contributed by atoms with E-state index in [1.54, 1.807) is 29.9 Å². The molecule has 1 heterocycles. The zero-order valence-electron chi connectivity index (χ0n) is 10.3. The fourth-order valence-electron chi connectivity index (χ4n) is 1.74. The molecular weight excluding hydrogens is 289 g/mol. The summed E-state index contributed by atoms with van der Waals surface area (Å²) in [4.78, 5) is 0. The molecule has 0 aliphatic rings. The van der Waals surface area contributed by atoms with Crippen molar-refractivity contribution in [3.05, 3.63) is 34.1 Å². The molecule has 2 rings (SSSR count). The van der Waals surface area contributed by atoms with E-state index < -0.39 is 0 Å². The van der Waals surface area contributed by atoms with E-state index in [1.807, 2.05) is 0 Å². The van der Waals surface area contributed by atoms with Gasteiger partial charge < -0.3 is 14.4 Å². The van der Waals surface area contributed by atoms with Crippen molar-refractivity contribution in [3.8, 4) is 11.4 Å². The van der Waals surface area contributed by atoms with Gasteiger partial charge in [0.1, 0.15) is 6.61 Å². The van der Waals surface area contributed by atoms with Crippen molar-refractivity contribution in [2.75, 3.05) is 13.7 Å². The van der Waals surface area contributed by atoms with Crippen LogP contribution < -0.4 is 0 Å². The standard InChI is InChI=1S/C12H13Cl2N3O2/c1-19-5-4-17-11(7-18)15-16-12(17)9-6-8(13)2-3-10(9)14/h2-3,6,18H,4-5,7H2,1H3. The Bertz CT molecular complexity index is 572. The van der Waals surface area contributed by atoms with E-state index >= 15 is 0 Å². The normalized spacial score (nSPS) is 10.9. The van der Waals surface area contributed by atoms with Crippen molar-refractivity contribution >= 4 is 23.2 Å². The van der Waals surface area contributed by atoms with Gasteiger partial charge in [-0.05, 0) is 18.2 Å². The molecule has 0 atom stereocenters. The highest BCUT2D eigenvalue weighted by Crippen LogP contribution is 2.29. The van der Waals surface area contributed by atoms with Gasteiger partial charge in [-0.3, -0.25) is 0 Å². The van der Waals surface area contributed by atoms with Gasteiger partial charge in [0.05, 0.1) is 11.6 Å². The number of aliphatic hydroxyl groups excluding tert-OH is 1. The highest BCUT2D eigenvalue weighted by Gasteiger charge is 2.15. The van der Waals surface area contributed by atoms with Crippen LogP contribution in [0.3, 0.4) is 0 Å². The minimum atomic E-state index is -0.200. The molecule has 0 amide bonds. The van der Waals surface area contributed by atoms with Crippen molar-refractivity contribution in [2.24, 2.45) is 0 Å². The van der Waals surface area contributed by atoms with Crippen molar-refractivity contribution < 1.29 is 9.84 Å². The molecule has 0 bridgehead atoms. The van der Waals surface area contributed by atoms with Gasteiger partial charge in [-0.25, -0.2) is 0 Å². The molecule has 0 fully saturated rings. The maximum atomic E-state index is 9.28. The minimum Gasteiger partial charge on any atom is -0.388 e. The Kier molecular flexibility index (Phi) is 4.76. The Balaban J connectivity index is 2.49. The Morgan fingerprint density at radius 2 is 2.11 bits per heavy atom. The first-order chi connectivity index (χ1) is 9.17. The summed E-state index contributed by atoms with van der Waals surface area (Å²) in [7, 11) is 1.61. The molecule has 0 radical (unpaired) electrons. The van der Waals surface area contributed by atoms with Gasteiger partial charge in [0.15, 0.2) is 11.6 Å². The lowest BCUT2D eigenvalue weighted by Crippen LogP contribution is -2.10. The molecular formula is C12H13Cl2N3O2. The summed E-state index contributed by atoms with van der Waals surface area (Å²) in [5.74, 6) is 1.02. The molecule has 1 N–H and O–H groups in total. The summed E-state index contributed by atoms with van der Waals surface area (Å²) in [6, 6.07) is 5.13. The molecule has 5 nitrogen and oxygen atoms in total. The molecule has 0 saturated heterocycles. The predicted molar refractivity (Wildman–Crippen MR) is 73.3 cm³/mol. The number of aliphatic hydroxyl groups is 1. The number of ether oxygens (including phenoxy) is 1. The molecule has 102 valence electrons. The van der Waals surface area contributed by atoms with Gasteiger partial charge in [0.25, 0.3) is 0 Å². The van der Waals surface area contributed by atoms with E-state index in [9.17, 15) is 5.11 Å². The van der Waals surface area contributed by atoms with Crippen LogP contribution in [0, 0.1) is 0 Å². The lowest BCUT2D eigenvalue weighted by Gasteiger charge is -2.10. The topological polar surface area (TPSA) is 60.2 Å². The van der Waals surface area contributed by atoms with Crippen molar-refractivity contribution in [2.45, 2.75) is 13.2 Å². The molecule has 0 spiro atoms. The van der Waals surface area contributed by atoms with Crippen molar-refractivity contribution in [1.29, 1.82) is 0 Å². The number of aromatic nitrogens is 3. The van der Waals surface area contributed by atoms with E-state index in [0.717, 1.165) is 0 Å². The second-order valence-corrected chi connectivity index (χ2v) is 4.71. The van der Waals surface area contributed by atoms with Crippen LogP contribution in [0.4, 0.5) is 0 Å². The SMILES string of the molecule is COCCn1c(CO)nnc1-c1cc(Cl)ccc1Cl. The first kappa shape index (κ1) is 14.3. The second kappa shape index (κ2) is 6.34. The van der Waals surface area contributed by atoms with E-state index in [2.05, 4.69) is 10.2 Å². The van der Waals surface area contributed by atoms with Gasteiger partial charge in [0, 0.05) is 24.2 Å². The second-order valence-electron chi connectivity index (χ2n) is 3.87. The summed E-state index contributed by atoms with van der Waals surface area (Å²) in [5, 5.41) is 18.4. The number of methoxy groups -OCH3 is 1.